The molecule has 0 aliphatic rings. The zero-order valence-corrected chi connectivity index (χ0v) is 17.1. The highest BCUT2D eigenvalue weighted by Gasteiger charge is 2.15. The number of nitrogens with zero attached hydrogens (tertiary/aromatic N) is 4. The summed E-state index contributed by atoms with van der Waals surface area (Å²) >= 11 is 6.07. The Morgan fingerprint density at radius 2 is 1.96 bits per heavy atom. The number of aliphatic hydroxyl groups is 1. The van der Waals surface area contributed by atoms with Gasteiger partial charge >= 0.3 is 0 Å². The van der Waals surface area contributed by atoms with Gasteiger partial charge in [-0.05, 0) is 42.3 Å². The van der Waals surface area contributed by atoms with Crippen molar-refractivity contribution < 1.29 is 9.84 Å². The zero-order valence-electron chi connectivity index (χ0n) is 16.3. The second-order valence-electron chi connectivity index (χ2n) is 6.97. The first kappa shape index (κ1) is 21.3. The highest BCUT2D eigenvalue weighted by atomic mass is 35.5. The molecule has 148 valence electrons. The van der Waals surface area contributed by atoms with Crippen molar-refractivity contribution >= 4 is 17.5 Å². The smallest absolute Gasteiger partial charge is 0.227 e. The first-order chi connectivity index (χ1) is 12.9. The van der Waals surface area contributed by atoms with E-state index in [0.29, 0.717) is 36.6 Å². The van der Waals surface area contributed by atoms with Gasteiger partial charge in [-0.1, -0.05) is 26.8 Å². The SMILES string of the molecule is CCOc1ccc(C(C)Cc2nc(Cl)nc(NC(CO)CC(C)C)n2)cn1. The molecular weight excluding hydrogens is 366 g/mol. The minimum Gasteiger partial charge on any atom is -0.478 e. The largest absolute Gasteiger partial charge is 0.478 e. The third-order valence-corrected chi connectivity index (χ3v) is 4.24. The minimum atomic E-state index is -0.121. The summed E-state index contributed by atoms with van der Waals surface area (Å²) in [4.78, 5) is 17.1. The minimum absolute atomic E-state index is 0.00503. The lowest BCUT2D eigenvalue weighted by Crippen LogP contribution is -2.27. The van der Waals surface area contributed by atoms with E-state index in [4.69, 9.17) is 16.3 Å². The summed E-state index contributed by atoms with van der Waals surface area (Å²) in [6.07, 6.45) is 3.21. The standard InChI is InChI=1S/C19H28ClN5O2/c1-5-27-17-7-6-14(10-21-17)13(4)9-16-23-18(20)25-19(24-16)22-15(11-26)8-12(2)3/h6-7,10,12-13,15,26H,5,8-9,11H2,1-4H3,(H,22,23,24,25). The van der Waals surface area contributed by atoms with Crippen LogP contribution < -0.4 is 10.1 Å². The van der Waals surface area contributed by atoms with Crippen molar-refractivity contribution in [3.8, 4) is 5.88 Å². The van der Waals surface area contributed by atoms with Crippen LogP contribution in [0.25, 0.3) is 0 Å². The number of nitrogens with one attached hydrogen (secondary N) is 1. The summed E-state index contributed by atoms with van der Waals surface area (Å²) < 4.78 is 5.38. The molecule has 2 unspecified atom stereocenters. The number of ether oxygens (including phenoxy) is 1. The van der Waals surface area contributed by atoms with Gasteiger partial charge in [0.1, 0.15) is 5.82 Å². The molecule has 0 radical (unpaired) electrons. The fourth-order valence-electron chi connectivity index (χ4n) is 2.79. The lowest BCUT2D eigenvalue weighted by molar-refractivity contribution is 0.259. The second-order valence-corrected chi connectivity index (χ2v) is 7.30. The van der Waals surface area contributed by atoms with Crippen LogP contribution in [0.5, 0.6) is 5.88 Å². The van der Waals surface area contributed by atoms with Crippen LogP contribution >= 0.6 is 11.6 Å². The number of aliphatic hydroxyl groups excluding tert-OH is 1. The van der Waals surface area contributed by atoms with Crippen LogP contribution in [0.1, 0.15) is 51.4 Å². The number of hydrogen-bond acceptors (Lipinski definition) is 7. The molecule has 2 atom stereocenters. The van der Waals surface area contributed by atoms with Crippen LogP contribution in [0.2, 0.25) is 5.28 Å². The summed E-state index contributed by atoms with van der Waals surface area (Å²) in [5.74, 6) is 2.20. The van der Waals surface area contributed by atoms with Gasteiger partial charge in [0.15, 0.2) is 0 Å². The number of rotatable bonds is 10. The van der Waals surface area contributed by atoms with E-state index in [-0.39, 0.29) is 23.9 Å². The number of aromatic nitrogens is 4. The van der Waals surface area contributed by atoms with E-state index < -0.39 is 0 Å². The second kappa shape index (κ2) is 10.4. The molecule has 0 amide bonds. The lowest BCUT2D eigenvalue weighted by atomic mass is 9.99. The molecule has 0 bridgehead atoms. The maximum atomic E-state index is 9.55. The van der Waals surface area contributed by atoms with Gasteiger partial charge in [0.2, 0.25) is 17.1 Å². The van der Waals surface area contributed by atoms with Gasteiger partial charge in [-0.3, -0.25) is 0 Å². The van der Waals surface area contributed by atoms with Gasteiger partial charge < -0.3 is 15.2 Å². The average Bonchev–Trinajstić information content (AvgIpc) is 2.61. The van der Waals surface area contributed by atoms with Crippen molar-refractivity contribution in [2.75, 3.05) is 18.5 Å². The Kier molecular flexibility index (Phi) is 8.19. The Hall–Kier alpha value is -1.99. The van der Waals surface area contributed by atoms with Gasteiger partial charge in [-0.25, -0.2) is 9.97 Å². The first-order valence-electron chi connectivity index (χ1n) is 9.27. The highest BCUT2D eigenvalue weighted by molar-refractivity contribution is 6.28. The molecule has 0 aliphatic heterocycles. The molecule has 2 N–H and O–H groups in total. The van der Waals surface area contributed by atoms with Gasteiger partial charge in [0.25, 0.3) is 0 Å². The van der Waals surface area contributed by atoms with Crippen LogP contribution in [0.15, 0.2) is 18.3 Å². The third kappa shape index (κ3) is 6.92. The maximum Gasteiger partial charge on any atom is 0.227 e. The van der Waals surface area contributed by atoms with Crippen LogP contribution in [-0.4, -0.2) is 44.3 Å². The van der Waals surface area contributed by atoms with Gasteiger partial charge in [0.05, 0.1) is 19.3 Å². The number of halogens is 1. The molecule has 2 aromatic rings. The number of pyridine rings is 1. The fraction of sp³-hybridized carbons (Fsp3) is 0.579. The van der Waals surface area contributed by atoms with Crippen molar-refractivity contribution in [3.05, 3.63) is 35.0 Å². The Labute approximate surface area is 165 Å². The molecule has 0 aromatic carbocycles. The number of hydrogen-bond donors (Lipinski definition) is 2. The van der Waals surface area contributed by atoms with Crippen molar-refractivity contribution in [2.24, 2.45) is 5.92 Å². The summed E-state index contributed by atoms with van der Waals surface area (Å²) in [5, 5.41) is 12.8. The summed E-state index contributed by atoms with van der Waals surface area (Å²) in [5.41, 5.74) is 1.07. The van der Waals surface area contributed by atoms with Crippen LogP contribution in [-0.2, 0) is 6.42 Å². The van der Waals surface area contributed by atoms with E-state index in [1.165, 1.54) is 0 Å². The highest BCUT2D eigenvalue weighted by Crippen LogP contribution is 2.21. The van der Waals surface area contributed by atoms with Crippen molar-refractivity contribution in [3.63, 3.8) is 0 Å². The van der Waals surface area contributed by atoms with Gasteiger partial charge in [-0.2, -0.15) is 9.97 Å². The Bertz CT molecular complexity index is 712. The quantitative estimate of drug-likeness (QED) is 0.638. The molecule has 0 saturated carbocycles. The van der Waals surface area contributed by atoms with E-state index in [0.717, 1.165) is 12.0 Å². The molecule has 2 rings (SSSR count). The van der Waals surface area contributed by atoms with E-state index >= 15 is 0 Å². The average molecular weight is 394 g/mol. The monoisotopic (exact) mass is 393 g/mol. The van der Waals surface area contributed by atoms with E-state index in [9.17, 15) is 5.11 Å². The summed E-state index contributed by atoms with van der Waals surface area (Å²) in [6.45, 7) is 8.80. The fourth-order valence-corrected chi connectivity index (χ4v) is 2.96. The summed E-state index contributed by atoms with van der Waals surface area (Å²) in [7, 11) is 0. The molecule has 2 heterocycles. The van der Waals surface area contributed by atoms with Crippen molar-refractivity contribution in [2.45, 2.75) is 52.5 Å². The Morgan fingerprint density at radius 1 is 1.19 bits per heavy atom. The van der Waals surface area contributed by atoms with E-state index in [1.54, 1.807) is 0 Å². The van der Waals surface area contributed by atoms with Gasteiger partial charge in [0, 0.05) is 18.7 Å². The normalized spacial score (nSPS) is 13.4. The predicted molar refractivity (Wildman–Crippen MR) is 106 cm³/mol. The molecule has 8 heteroatoms. The number of anilines is 1. The Balaban J connectivity index is 2.08. The first-order valence-corrected chi connectivity index (χ1v) is 9.65. The van der Waals surface area contributed by atoms with Crippen LogP contribution in [0, 0.1) is 5.92 Å². The summed E-state index contributed by atoms with van der Waals surface area (Å²) in [6, 6.07) is 3.74. The maximum absolute atomic E-state index is 9.55. The molecule has 0 spiro atoms. The molecule has 27 heavy (non-hydrogen) atoms. The van der Waals surface area contributed by atoms with Crippen molar-refractivity contribution in [1.82, 2.24) is 19.9 Å². The lowest BCUT2D eigenvalue weighted by Gasteiger charge is -2.18. The molecule has 2 aromatic heterocycles. The van der Waals surface area contributed by atoms with E-state index in [1.807, 2.05) is 25.3 Å². The van der Waals surface area contributed by atoms with Crippen LogP contribution in [0.3, 0.4) is 0 Å². The molecule has 0 saturated heterocycles. The third-order valence-electron chi connectivity index (χ3n) is 4.07. The topological polar surface area (TPSA) is 93.1 Å². The molecule has 0 fully saturated rings. The zero-order chi connectivity index (χ0) is 19.8. The Morgan fingerprint density at radius 3 is 2.56 bits per heavy atom. The van der Waals surface area contributed by atoms with Gasteiger partial charge in [-0.15, -0.1) is 0 Å². The molecule has 0 aliphatic carbocycles. The molecule has 7 nitrogen and oxygen atoms in total. The predicted octanol–water partition coefficient (Wildman–Crippen LogP) is 3.48. The van der Waals surface area contributed by atoms with Crippen LogP contribution in [0.4, 0.5) is 5.95 Å². The van der Waals surface area contributed by atoms with E-state index in [2.05, 4.69) is 46.0 Å². The molecular formula is C19H28ClN5O2. The van der Waals surface area contributed by atoms with Crippen molar-refractivity contribution in [1.29, 1.82) is 0 Å².